The van der Waals surface area contributed by atoms with E-state index in [2.05, 4.69) is 0 Å². The highest BCUT2D eigenvalue weighted by Gasteiger charge is 2.47. The maximum Gasteiger partial charge on any atom is 0.353 e. The third-order valence-electron chi connectivity index (χ3n) is 5.49. The van der Waals surface area contributed by atoms with Gasteiger partial charge in [-0.1, -0.05) is 54.6 Å². The van der Waals surface area contributed by atoms with Gasteiger partial charge in [-0.15, -0.1) is 0 Å². The van der Waals surface area contributed by atoms with Gasteiger partial charge in [0.2, 0.25) is 24.4 Å². The molecule has 0 heterocycles. The highest BCUT2D eigenvalue weighted by molar-refractivity contribution is 5.97. The summed E-state index contributed by atoms with van der Waals surface area (Å²) < 4.78 is 19.5. The van der Waals surface area contributed by atoms with E-state index in [9.17, 15) is 48.9 Å². The fraction of sp³-hybridized carbons (Fsp3) is 0.138. The number of hydrogen-bond acceptors (Lipinski definition) is 11. The van der Waals surface area contributed by atoms with Crippen LogP contribution in [0.4, 0.5) is 0 Å². The molecule has 0 aromatic heterocycles. The lowest BCUT2D eigenvalue weighted by Gasteiger charge is -2.26. The molecule has 0 aliphatic rings. The Morgan fingerprint density at radius 2 is 0.651 bits per heavy atom. The Morgan fingerprint density at radius 1 is 0.395 bits per heavy atom. The zero-order chi connectivity index (χ0) is 31.5. The molecule has 0 aliphatic heterocycles. The highest BCUT2D eigenvalue weighted by Crippen LogP contribution is 2.18. The number of hydrogen-bond donors (Lipinski definition) is 3. The van der Waals surface area contributed by atoms with Gasteiger partial charge in [-0.05, 0) is 36.4 Å². The minimum Gasteiger partial charge on any atom is -0.478 e. The molecule has 0 bridgehead atoms. The topological polar surface area (TPSA) is 217 Å². The zero-order valence-electron chi connectivity index (χ0n) is 21.8. The standard InChI is InChI=1S/C29H22O14/c30-23(31)19(40-26(36)16-10-4-1-5-11-16)20(24(32)33)42-29(39)22(43-28(38)18-14-8-3-9-15-18)21(25(34)35)41-27(37)17-12-6-2-7-13-17/h1-15,19-22H,(H,30,31)(H,32,33)(H,34,35). The van der Waals surface area contributed by atoms with Crippen LogP contribution in [0.3, 0.4) is 0 Å². The number of esters is 4. The Bertz CT molecular complexity index is 1490. The molecule has 3 aromatic rings. The average molecular weight is 594 g/mol. The molecule has 0 saturated carbocycles. The molecule has 3 rings (SSSR count). The van der Waals surface area contributed by atoms with E-state index < -0.39 is 66.2 Å². The van der Waals surface area contributed by atoms with Crippen molar-refractivity contribution in [2.75, 3.05) is 0 Å². The van der Waals surface area contributed by atoms with Crippen molar-refractivity contribution in [3.63, 3.8) is 0 Å². The van der Waals surface area contributed by atoms with Crippen molar-refractivity contribution in [1.82, 2.24) is 0 Å². The van der Waals surface area contributed by atoms with E-state index in [4.69, 9.17) is 18.9 Å². The second-order valence-corrected chi connectivity index (χ2v) is 8.45. The molecule has 222 valence electrons. The Hall–Kier alpha value is -6.05. The molecule has 3 aromatic carbocycles. The van der Waals surface area contributed by atoms with Crippen molar-refractivity contribution >= 4 is 41.8 Å². The van der Waals surface area contributed by atoms with Gasteiger partial charge in [0.05, 0.1) is 16.7 Å². The van der Waals surface area contributed by atoms with Gasteiger partial charge in [0, 0.05) is 0 Å². The molecule has 0 saturated heterocycles. The van der Waals surface area contributed by atoms with E-state index in [1.807, 2.05) is 0 Å². The molecular weight excluding hydrogens is 572 g/mol. The van der Waals surface area contributed by atoms with Gasteiger partial charge in [-0.3, -0.25) is 0 Å². The molecule has 0 aliphatic carbocycles. The average Bonchev–Trinajstić information content (AvgIpc) is 3.01. The fourth-order valence-electron chi connectivity index (χ4n) is 3.42. The van der Waals surface area contributed by atoms with Gasteiger partial charge in [-0.25, -0.2) is 33.6 Å². The first-order valence-corrected chi connectivity index (χ1v) is 12.2. The summed E-state index contributed by atoms with van der Waals surface area (Å²) in [5, 5.41) is 29.1. The van der Waals surface area contributed by atoms with Gasteiger partial charge in [-0.2, -0.15) is 0 Å². The summed E-state index contributed by atoms with van der Waals surface area (Å²) >= 11 is 0. The predicted molar refractivity (Wildman–Crippen MR) is 140 cm³/mol. The number of rotatable bonds is 13. The minimum absolute atomic E-state index is 0.155. The number of carbonyl (C=O) groups is 7. The summed E-state index contributed by atoms with van der Waals surface area (Å²) in [6.45, 7) is 0. The smallest absolute Gasteiger partial charge is 0.353 e. The molecule has 0 radical (unpaired) electrons. The molecule has 0 spiro atoms. The summed E-state index contributed by atoms with van der Waals surface area (Å²) in [4.78, 5) is 87.1. The van der Waals surface area contributed by atoms with Crippen LogP contribution in [-0.2, 0) is 38.1 Å². The summed E-state index contributed by atoms with van der Waals surface area (Å²) in [5.74, 6) is -12.0. The summed E-state index contributed by atoms with van der Waals surface area (Å²) in [5.41, 5.74) is -0.510. The van der Waals surface area contributed by atoms with Gasteiger partial charge >= 0.3 is 41.8 Å². The Balaban J connectivity index is 1.95. The van der Waals surface area contributed by atoms with E-state index in [1.165, 1.54) is 84.9 Å². The van der Waals surface area contributed by atoms with Crippen molar-refractivity contribution in [2.45, 2.75) is 24.4 Å². The van der Waals surface area contributed by atoms with Crippen molar-refractivity contribution in [2.24, 2.45) is 0 Å². The molecule has 4 atom stereocenters. The van der Waals surface area contributed by atoms with Crippen LogP contribution in [0.2, 0.25) is 0 Å². The number of ether oxygens (including phenoxy) is 4. The Morgan fingerprint density at radius 3 is 0.953 bits per heavy atom. The second kappa shape index (κ2) is 14.5. The first-order chi connectivity index (χ1) is 20.5. The third-order valence-corrected chi connectivity index (χ3v) is 5.49. The van der Waals surface area contributed by atoms with Crippen molar-refractivity contribution < 1.29 is 67.8 Å². The number of carboxylic acids is 3. The van der Waals surface area contributed by atoms with Gasteiger partial charge in [0.25, 0.3) is 0 Å². The number of carbonyl (C=O) groups excluding carboxylic acids is 4. The Kier molecular flexibility index (Phi) is 10.6. The molecule has 3 N–H and O–H groups in total. The lowest BCUT2D eigenvalue weighted by molar-refractivity contribution is -0.188. The monoisotopic (exact) mass is 594 g/mol. The van der Waals surface area contributed by atoms with Crippen LogP contribution in [0.5, 0.6) is 0 Å². The maximum atomic E-state index is 13.2. The SMILES string of the molecule is O=C(OC(C(=O)O)C(OC(=O)C(OC(=O)c1ccccc1)C(OC(=O)c1ccccc1)C(=O)O)C(=O)O)c1ccccc1. The molecule has 0 fully saturated rings. The number of benzene rings is 3. The first-order valence-electron chi connectivity index (χ1n) is 12.2. The highest BCUT2D eigenvalue weighted by atomic mass is 16.6. The van der Waals surface area contributed by atoms with Gasteiger partial charge in [0.15, 0.2) is 0 Å². The van der Waals surface area contributed by atoms with E-state index in [-0.39, 0.29) is 16.7 Å². The molecule has 14 heteroatoms. The van der Waals surface area contributed by atoms with E-state index in [0.717, 1.165) is 0 Å². The van der Waals surface area contributed by atoms with E-state index in [1.54, 1.807) is 6.07 Å². The fourth-order valence-corrected chi connectivity index (χ4v) is 3.42. The molecule has 4 unspecified atom stereocenters. The quantitative estimate of drug-likeness (QED) is 0.190. The first kappa shape index (κ1) is 31.5. The lowest BCUT2D eigenvalue weighted by atomic mass is 10.1. The second-order valence-electron chi connectivity index (χ2n) is 8.45. The largest absolute Gasteiger partial charge is 0.478 e. The van der Waals surface area contributed by atoms with Crippen LogP contribution in [0.1, 0.15) is 31.1 Å². The maximum absolute atomic E-state index is 13.2. The summed E-state index contributed by atoms with van der Waals surface area (Å²) in [6.07, 6.45) is -10.7. The third kappa shape index (κ3) is 8.47. The van der Waals surface area contributed by atoms with Gasteiger partial charge in [0.1, 0.15) is 0 Å². The van der Waals surface area contributed by atoms with Crippen LogP contribution in [0, 0.1) is 0 Å². The van der Waals surface area contributed by atoms with E-state index in [0.29, 0.717) is 0 Å². The molecule has 14 nitrogen and oxygen atoms in total. The summed E-state index contributed by atoms with van der Waals surface area (Å²) in [7, 11) is 0. The van der Waals surface area contributed by atoms with Crippen LogP contribution in [0.25, 0.3) is 0 Å². The summed E-state index contributed by atoms with van der Waals surface area (Å²) in [6, 6.07) is 20.6. The predicted octanol–water partition coefficient (Wildman–Crippen LogP) is 1.83. The lowest BCUT2D eigenvalue weighted by Crippen LogP contribution is -2.51. The van der Waals surface area contributed by atoms with Gasteiger partial charge < -0.3 is 34.3 Å². The van der Waals surface area contributed by atoms with Crippen molar-refractivity contribution in [1.29, 1.82) is 0 Å². The number of aliphatic carboxylic acids is 3. The molecule has 0 amide bonds. The number of carboxylic acid groups (broad SMARTS) is 3. The van der Waals surface area contributed by atoms with Crippen LogP contribution in [0.15, 0.2) is 91.0 Å². The zero-order valence-corrected chi connectivity index (χ0v) is 21.8. The molecular formula is C29H22O14. The molecule has 43 heavy (non-hydrogen) atoms. The normalized spacial score (nSPS) is 13.2. The minimum atomic E-state index is -2.77. The van der Waals surface area contributed by atoms with Crippen LogP contribution < -0.4 is 0 Å². The van der Waals surface area contributed by atoms with Crippen molar-refractivity contribution in [3.8, 4) is 0 Å². The van der Waals surface area contributed by atoms with E-state index >= 15 is 0 Å². The van der Waals surface area contributed by atoms with Crippen LogP contribution >= 0.6 is 0 Å². The Labute approximate surface area is 242 Å². The van der Waals surface area contributed by atoms with Crippen LogP contribution in [-0.4, -0.2) is 81.5 Å². The van der Waals surface area contributed by atoms with Crippen molar-refractivity contribution in [3.05, 3.63) is 108 Å².